The van der Waals surface area contributed by atoms with Crippen LogP contribution in [0.5, 0.6) is 5.88 Å². The Labute approximate surface area is 141 Å². The smallest absolute Gasteiger partial charge is 0.212 e. The lowest BCUT2D eigenvalue weighted by molar-refractivity contribution is 0.269. The van der Waals surface area contributed by atoms with Gasteiger partial charge in [0.05, 0.1) is 17.9 Å². The van der Waals surface area contributed by atoms with E-state index in [4.69, 9.17) is 10.00 Å². The molecule has 2 aromatic rings. The number of rotatable bonds is 5. The van der Waals surface area contributed by atoms with E-state index in [1.807, 2.05) is 23.7 Å². The number of hydrogen-bond acceptors (Lipinski definition) is 4. The minimum Gasteiger partial charge on any atom is -0.478 e. The molecule has 0 aliphatic carbocycles. The largest absolute Gasteiger partial charge is 0.478 e. The number of nitriles is 1. The van der Waals surface area contributed by atoms with Gasteiger partial charge in [0, 0.05) is 18.2 Å². The highest BCUT2D eigenvalue weighted by Gasteiger charge is 2.18. The van der Waals surface area contributed by atoms with Gasteiger partial charge in [-0.05, 0) is 50.9 Å². The summed E-state index contributed by atoms with van der Waals surface area (Å²) in [6.07, 6.45) is 2.34. The Hall–Kier alpha value is -2.39. The van der Waals surface area contributed by atoms with Crippen LogP contribution in [0.15, 0.2) is 24.3 Å². The summed E-state index contributed by atoms with van der Waals surface area (Å²) in [4.78, 5) is 0. The van der Waals surface area contributed by atoms with E-state index < -0.39 is 5.82 Å². The maximum Gasteiger partial charge on any atom is 0.212 e. The molecule has 0 radical (unpaired) electrons. The van der Waals surface area contributed by atoms with Crippen molar-refractivity contribution in [3.8, 4) is 23.2 Å². The molecule has 1 aliphatic rings. The summed E-state index contributed by atoms with van der Waals surface area (Å²) < 4.78 is 21.4. The van der Waals surface area contributed by atoms with Crippen molar-refractivity contribution in [3.63, 3.8) is 0 Å². The molecule has 0 saturated carbocycles. The SMILES string of the molecule is CCOc1cc(-c2ccc(C#N)c(F)c2)nn1CC1CCCNC1. The van der Waals surface area contributed by atoms with Gasteiger partial charge < -0.3 is 10.1 Å². The maximum absolute atomic E-state index is 13.9. The van der Waals surface area contributed by atoms with Crippen molar-refractivity contribution in [2.24, 2.45) is 5.92 Å². The molecule has 1 aliphatic heterocycles. The van der Waals surface area contributed by atoms with Gasteiger partial charge in [0.1, 0.15) is 11.9 Å². The molecule has 2 heterocycles. The first-order chi connectivity index (χ1) is 11.7. The predicted molar refractivity (Wildman–Crippen MR) is 89.1 cm³/mol. The zero-order valence-corrected chi connectivity index (χ0v) is 13.8. The molecular weight excluding hydrogens is 307 g/mol. The van der Waals surface area contributed by atoms with Crippen LogP contribution in [-0.2, 0) is 6.54 Å². The van der Waals surface area contributed by atoms with Crippen molar-refractivity contribution >= 4 is 0 Å². The van der Waals surface area contributed by atoms with Gasteiger partial charge in [-0.1, -0.05) is 6.07 Å². The molecule has 0 amide bonds. The van der Waals surface area contributed by atoms with Crippen molar-refractivity contribution in [1.82, 2.24) is 15.1 Å². The number of benzene rings is 1. The van der Waals surface area contributed by atoms with Crippen molar-refractivity contribution in [2.45, 2.75) is 26.3 Å². The van der Waals surface area contributed by atoms with E-state index >= 15 is 0 Å². The second-order valence-electron chi connectivity index (χ2n) is 6.00. The van der Waals surface area contributed by atoms with Crippen molar-refractivity contribution in [3.05, 3.63) is 35.6 Å². The van der Waals surface area contributed by atoms with Crippen LogP contribution in [0.3, 0.4) is 0 Å². The van der Waals surface area contributed by atoms with E-state index in [9.17, 15) is 4.39 Å². The topological polar surface area (TPSA) is 62.9 Å². The van der Waals surface area contributed by atoms with E-state index in [0.717, 1.165) is 19.6 Å². The molecule has 1 saturated heterocycles. The van der Waals surface area contributed by atoms with Crippen molar-refractivity contribution < 1.29 is 9.13 Å². The second kappa shape index (κ2) is 7.45. The van der Waals surface area contributed by atoms with E-state index in [1.165, 1.54) is 25.0 Å². The zero-order valence-electron chi connectivity index (χ0n) is 13.8. The molecule has 0 bridgehead atoms. The van der Waals surface area contributed by atoms with Crippen LogP contribution >= 0.6 is 0 Å². The first-order valence-electron chi connectivity index (χ1n) is 8.32. The summed E-state index contributed by atoms with van der Waals surface area (Å²) in [7, 11) is 0. The number of hydrogen-bond donors (Lipinski definition) is 1. The van der Waals surface area contributed by atoms with Crippen LogP contribution in [0, 0.1) is 23.1 Å². The monoisotopic (exact) mass is 328 g/mol. The minimum atomic E-state index is -0.529. The third kappa shape index (κ3) is 3.57. The van der Waals surface area contributed by atoms with Gasteiger partial charge in [-0.25, -0.2) is 9.07 Å². The molecule has 126 valence electrons. The summed E-state index contributed by atoms with van der Waals surface area (Å²) in [6, 6.07) is 8.21. The predicted octanol–water partition coefficient (Wildman–Crippen LogP) is 2.96. The molecule has 1 fully saturated rings. The third-order valence-electron chi connectivity index (χ3n) is 4.25. The molecule has 1 atom stereocenters. The molecule has 3 rings (SSSR count). The van der Waals surface area contributed by atoms with Gasteiger partial charge in [0.25, 0.3) is 0 Å². The lowest BCUT2D eigenvalue weighted by Crippen LogP contribution is -2.32. The van der Waals surface area contributed by atoms with Crippen LogP contribution < -0.4 is 10.1 Å². The van der Waals surface area contributed by atoms with Crippen LogP contribution in [-0.4, -0.2) is 29.5 Å². The lowest BCUT2D eigenvalue weighted by Gasteiger charge is -2.23. The van der Waals surface area contributed by atoms with E-state index in [0.29, 0.717) is 29.7 Å². The fraction of sp³-hybridized carbons (Fsp3) is 0.444. The molecular formula is C18H21FN4O. The molecule has 1 aromatic carbocycles. The number of ether oxygens (including phenoxy) is 1. The quantitative estimate of drug-likeness (QED) is 0.916. The molecule has 5 nitrogen and oxygen atoms in total. The Morgan fingerprint density at radius 2 is 2.33 bits per heavy atom. The molecule has 0 spiro atoms. The van der Waals surface area contributed by atoms with Crippen LogP contribution in [0.25, 0.3) is 11.3 Å². The van der Waals surface area contributed by atoms with Crippen LogP contribution in [0.2, 0.25) is 0 Å². The number of nitrogens with zero attached hydrogens (tertiary/aromatic N) is 3. The normalized spacial score (nSPS) is 17.5. The summed E-state index contributed by atoms with van der Waals surface area (Å²) in [5.74, 6) is 0.685. The molecule has 6 heteroatoms. The number of halogens is 1. The summed E-state index contributed by atoms with van der Waals surface area (Å²) in [5.41, 5.74) is 1.34. The first kappa shape index (κ1) is 16.5. The number of piperidine rings is 1. The minimum absolute atomic E-state index is 0.0384. The first-order valence-corrected chi connectivity index (χ1v) is 8.32. The average molecular weight is 328 g/mol. The fourth-order valence-corrected chi connectivity index (χ4v) is 3.03. The Balaban J connectivity index is 1.87. The number of aromatic nitrogens is 2. The van der Waals surface area contributed by atoms with Gasteiger partial charge in [-0.3, -0.25) is 0 Å². The Morgan fingerprint density at radius 1 is 1.46 bits per heavy atom. The van der Waals surface area contributed by atoms with Crippen molar-refractivity contribution in [2.75, 3.05) is 19.7 Å². The van der Waals surface area contributed by atoms with Gasteiger partial charge in [0.15, 0.2) is 0 Å². The van der Waals surface area contributed by atoms with Crippen molar-refractivity contribution in [1.29, 1.82) is 5.26 Å². The highest BCUT2D eigenvalue weighted by molar-refractivity contribution is 5.61. The van der Waals surface area contributed by atoms with Gasteiger partial charge in [-0.15, -0.1) is 0 Å². The Bertz CT molecular complexity index is 744. The van der Waals surface area contributed by atoms with Gasteiger partial charge >= 0.3 is 0 Å². The fourth-order valence-electron chi connectivity index (χ4n) is 3.03. The summed E-state index contributed by atoms with van der Waals surface area (Å²) in [5, 5.41) is 16.9. The third-order valence-corrected chi connectivity index (χ3v) is 4.25. The van der Waals surface area contributed by atoms with E-state index in [2.05, 4.69) is 10.4 Å². The Morgan fingerprint density at radius 3 is 3.00 bits per heavy atom. The van der Waals surface area contributed by atoms with E-state index in [1.54, 1.807) is 6.07 Å². The van der Waals surface area contributed by atoms with Gasteiger partial charge in [-0.2, -0.15) is 10.4 Å². The second-order valence-corrected chi connectivity index (χ2v) is 6.00. The summed E-state index contributed by atoms with van der Waals surface area (Å²) >= 11 is 0. The maximum atomic E-state index is 13.9. The summed E-state index contributed by atoms with van der Waals surface area (Å²) in [6.45, 7) is 5.31. The average Bonchev–Trinajstić information content (AvgIpc) is 2.99. The number of nitrogens with one attached hydrogen (secondary N) is 1. The van der Waals surface area contributed by atoms with E-state index in [-0.39, 0.29) is 5.56 Å². The Kier molecular flexibility index (Phi) is 5.11. The standard InChI is InChI=1S/C18H21FN4O/c1-2-24-18-9-17(14-5-6-15(10-20)16(19)8-14)22-23(18)12-13-4-3-7-21-11-13/h5-6,8-9,13,21H,2-4,7,11-12H2,1H3. The van der Waals surface area contributed by atoms with Crippen LogP contribution in [0.1, 0.15) is 25.3 Å². The molecule has 1 aromatic heterocycles. The van der Waals surface area contributed by atoms with Gasteiger partial charge in [0.2, 0.25) is 5.88 Å². The molecule has 24 heavy (non-hydrogen) atoms. The zero-order chi connectivity index (χ0) is 16.9. The molecule has 1 unspecified atom stereocenters. The highest BCUT2D eigenvalue weighted by Crippen LogP contribution is 2.26. The lowest BCUT2D eigenvalue weighted by atomic mass is 10.00. The van der Waals surface area contributed by atoms with Crippen LogP contribution in [0.4, 0.5) is 4.39 Å². The highest BCUT2D eigenvalue weighted by atomic mass is 19.1. The molecule has 1 N–H and O–H groups in total.